The number of hydrogen-bond donors (Lipinski definition) is 1. The molecule has 0 fully saturated rings. The summed E-state index contributed by atoms with van der Waals surface area (Å²) in [5, 5.41) is 4.31. The van der Waals surface area contributed by atoms with Gasteiger partial charge in [-0.05, 0) is 49.7 Å². The predicted octanol–water partition coefficient (Wildman–Crippen LogP) is 4.05. The highest BCUT2D eigenvalue weighted by atomic mass is 79.9. The fraction of sp³-hybridized carbons (Fsp3) is 0.118. The molecule has 0 aliphatic carbocycles. The molecule has 0 atom stereocenters. The highest BCUT2D eigenvalue weighted by Gasteiger charge is 2.21. The summed E-state index contributed by atoms with van der Waals surface area (Å²) < 4.78 is 30.5. The first-order valence-corrected chi connectivity index (χ1v) is 9.55. The zero-order chi connectivity index (χ0) is 17.3. The normalized spacial score (nSPS) is 11.5. The Hall–Kier alpha value is -2.12. The van der Waals surface area contributed by atoms with Crippen molar-refractivity contribution in [1.82, 2.24) is 9.78 Å². The lowest BCUT2D eigenvalue weighted by Crippen LogP contribution is -2.13. The maximum atomic E-state index is 12.7. The Bertz CT molecular complexity index is 982. The van der Waals surface area contributed by atoms with E-state index in [-0.39, 0.29) is 4.90 Å². The van der Waals surface area contributed by atoms with Crippen LogP contribution in [0.25, 0.3) is 5.69 Å². The lowest BCUT2D eigenvalue weighted by Gasteiger charge is -2.08. The number of halogens is 1. The maximum Gasteiger partial charge on any atom is 0.265 e. The van der Waals surface area contributed by atoms with Crippen LogP contribution in [0.5, 0.6) is 0 Å². The van der Waals surface area contributed by atoms with Gasteiger partial charge in [0, 0.05) is 10.2 Å². The molecule has 0 aliphatic heterocycles. The minimum Gasteiger partial charge on any atom is -0.280 e. The van der Waals surface area contributed by atoms with Gasteiger partial charge < -0.3 is 0 Å². The van der Waals surface area contributed by atoms with Crippen molar-refractivity contribution in [2.45, 2.75) is 18.7 Å². The molecule has 0 radical (unpaired) electrons. The second-order valence-electron chi connectivity index (χ2n) is 5.43. The Morgan fingerprint density at radius 3 is 2.46 bits per heavy atom. The predicted molar refractivity (Wildman–Crippen MR) is 98.0 cm³/mol. The molecule has 7 heteroatoms. The first kappa shape index (κ1) is 16.7. The van der Waals surface area contributed by atoms with Gasteiger partial charge in [0.25, 0.3) is 10.0 Å². The van der Waals surface area contributed by atoms with E-state index < -0.39 is 10.0 Å². The molecule has 1 N–H and O–H groups in total. The minimum absolute atomic E-state index is 0.159. The number of nitrogens with zero attached hydrogens (tertiary/aromatic N) is 2. The van der Waals surface area contributed by atoms with Gasteiger partial charge >= 0.3 is 0 Å². The van der Waals surface area contributed by atoms with Gasteiger partial charge in [0.1, 0.15) is 4.90 Å². The van der Waals surface area contributed by atoms with E-state index in [2.05, 4.69) is 25.8 Å². The van der Waals surface area contributed by atoms with Crippen LogP contribution in [0, 0.1) is 13.8 Å². The van der Waals surface area contributed by atoms with Crippen molar-refractivity contribution in [1.29, 1.82) is 0 Å². The van der Waals surface area contributed by atoms with Gasteiger partial charge in [0.05, 0.1) is 17.6 Å². The number of hydrogen-bond acceptors (Lipinski definition) is 3. The number of aryl methyl sites for hydroxylation is 2. The first-order chi connectivity index (χ1) is 11.4. The van der Waals surface area contributed by atoms with Gasteiger partial charge in [-0.25, -0.2) is 13.1 Å². The smallest absolute Gasteiger partial charge is 0.265 e. The highest BCUT2D eigenvalue weighted by molar-refractivity contribution is 9.10. The quantitative estimate of drug-likeness (QED) is 0.711. The molecule has 3 aromatic rings. The third kappa shape index (κ3) is 3.37. The van der Waals surface area contributed by atoms with Gasteiger partial charge in [-0.2, -0.15) is 5.10 Å². The summed E-state index contributed by atoms with van der Waals surface area (Å²) in [4.78, 5) is 0.159. The van der Waals surface area contributed by atoms with Crippen LogP contribution in [0.15, 0.2) is 64.1 Å². The minimum atomic E-state index is -3.71. The molecular weight excluding hydrogens is 390 g/mol. The number of rotatable bonds is 4. The van der Waals surface area contributed by atoms with Crippen molar-refractivity contribution in [3.05, 3.63) is 70.5 Å². The summed E-state index contributed by atoms with van der Waals surface area (Å²) in [6, 6.07) is 14.7. The van der Waals surface area contributed by atoms with Crippen molar-refractivity contribution in [2.75, 3.05) is 4.72 Å². The molecule has 3 rings (SSSR count). The average molecular weight is 406 g/mol. The van der Waals surface area contributed by atoms with E-state index in [1.807, 2.05) is 43.3 Å². The van der Waals surface area contributed by atoms with Gasteiger partial charge in [-0.15, -0.1) is 0 Å². The van der Waals surface area contributed by atoms with Gasteiger partial charge in [-0.1, -0.05) is 34.1 Å². The number of sulfonamides is 1. The largest absolute Gasteiger partial charge is 0.280 e. The van der Waals surface area contributed by atoms with Gasteiger partial charge in [-0.3, -0.25) is 4.72 Å². The Morgan fingerprint density at radius 1 is 1.08 bits per heavy atom. The van der Waals surface area contributed by atoms with Crippen LogP contribution in [0.1, 0.15) is 11.3 Å². The van der Waals surface area contributed by atoms with Gasteiger partial charge in [0.2, 0.25) is 0 Å². The fourth-order valence-electron chi connectivity index (χ4n) is 2.34. The molecule has 24 heavy (non-hydrogen) atoms. The number of nitrogens with one attached hydrogen (secondary N) is 1. The summed E-state index contributed by atoms with van der Waals surface area (Å²) in [5.74, 6) is 0. The first-order valence-electron chi connectivity index (χ1n) is 7.27. The van der Waals surface area contributed by atoms with E-state index in [9.17, 15) is 8.42 Å². The molecule has 2 aromatic carbocycles. The van der Waals surface area contributed by atoms with E-state index in [0.717, 1.165) is 15.7 Å². The van der Waals surface area contributed by atoms with Gasteiger partial charge in [0.15, 0.2) is 0 Å². The standard InChI is InChI=1S/C17H16BrN3O2S/c1-12-10-14(8-9-16(12)18)20-24(22,23)17-11-21(19-13(17)2)15-6-4-3-5-7-15/h3-11,20H,1-2H3. The Balaban J connectivity index is 1.95. The van der Waals surface area contributed by atoms with Crippen molar-refractivity contribution in [2.24, 2.45) is 0 Å². The molecule has 124 valence electrons. The van der Waals surface area contributed by atoms with Crippen LogP contribution in [-0.2, 0) is 10.0 Å². The number of para-hydroxylation sites is 1. The molecule has 1 heterocycles. The Morgan fingerprint density at radius 2 is 1.79 bits per heavy atom. The van der Waals surface area contributed by atoms with Crippen molar-refractivity contribution in [3.63, 3.8) is 0 Å². The summed E-state index contributed by atoms with van der Waals surface area (Å²) in [7, 11) is -3.71. The van der Waals surface area contributed by atoms with Crippen molar-refractivity contribution < 1.29 is 8.42 Å². The van der Waals surface area contributed by atoms with Crippen LogP contribution >= 0.6 is 15.9 Å². The number of benzene rings is 2. The van der Waals surface area contributed by atoms with E-state index in [1.165, 1.54) is 6.20 Å². The molecule has 0 spiro atoms. The third-order valence-electron chi connectivity index (χ3n) is 3.57. The summed E-state index contributed by atoms with van der Waals surface area (Å²) >= 11 is 3.40. The molecule has 0 amide bonds. The molecule has 0 saturated heterocycles. The van der Waals surface area contributed by atoms with E-state index in [0.29, 0.717) is 11.4 Å². The van der Waals surface area contributed by atoms with Crippen LogP contribution < -0.4 is 4.72 Å². The molecule has 0 unspecified atom stereocenters. The van der Waals surface area contributed by atoms with Crippen molar-refractivity contribution in [3.8, 4) is 5.69 Å². The summed E-state index contributed by atoms with van der Waals surface area (Å²) in [6.07, 6.45) is 1.53. The molecule has 5 nitrogen and oxygen atoms in total. The fourth-order valence-corrected chi connectivity index (χ4v) is 3.80. The molecule has 0 saturated carbocycles. The average Bonchev–Trinajstić information content (AvgIpc) is 2.94. The maximum absolute atomic E-state index is 12.7. The monoisotopic (exact) mass is 405 g/mol. The summed E-state index contributed by atoms with van der Waals surface area (Å²) in [6.45, 7) is 3.58. The molecule has 0 bridgehead atoms. The molecule has 0 aliphatic rings. The third-order valence-corrected chi connectivity index (χ3v) is 5.95. The lowest BCUT2D eigenvalue weighted by atomic mass is 10.2. The number of aromatic nitrogens is 2. The molecular formula is C17H16BrN3O2S. The van der Waals surface area contributed by atoms with Crippen LogP contribution in [0.3, 0.4) is 0 Å². The second-order valence-corrected chi connectivity index (χ2v) is 7.93. The number of anilines is 1. The second kappa shape index (κ2) is 6.41. The summed E-state index contributed by atoms with van der Waals surface area (Å²) in [5.41, 5.74) is 2.72. The SMILES string of the molecule is Cc1cc(NS(=O)(=O)c2cn(-c3ccccc3)nc2C)ccc1Br. The van der Waals surface area contributed by atoms with E-state index in [1.54, 1.807) is 23.7 Å². The van der Waals surface area contributed by atoms with Crippen LogP contribution in [0.4, 0.5) is 5.69 Å². The highest BCUT2D eigenvalue weighted by Crippen LogP contribution is 2.24. The van der Waals surface area contributed by atoms with Crippen molar-refractivity contribution >= 4 is 31.6 Å². The zero-order valence-corrected chi connectivity index (χ0v) is 15.6. The lowest BCUT2D eigenvalue weighted by molar-refractivity contribution is 0.600. The Kier molecular flexibility index (Phi) is 4.47. The Labute approximate surface area is 149 Å². The van der Waals surface area contributed by atoms with Crippen LogP contribution in [-0.4, -0.2) is 18.2 Å². The van der Waals surface area contributed by atoms with E-state index >= 15 is 0 Å². The molecule has 1 aromatic heterocycles. The van der Waals surface area contributed by atoms with Crippen LogP contribution in [0.2, 0.25) is 0 Å². The van der Waals surface area contributed by atoms with E-state index in [4.69, 9.17) is 0 Å². The topological polar surface area (TPSA) is 64.0 Å². The zero-order valence-electron chi connectivity index (χ0n) is 13.2.